The lowest BCUT2D eigenvalue weighted by Crippen LogP contribution is -2.49. The molecule has 0 spiro atoms. The van der Waals surface area contributed by atoms with Crippen LogP contribution in [0.2, 0.25) is 0 Å². The highest BCUT2D eigenvalue weighted by molar-refractivity contribution is 5.86. The number of nitriles is 1. The van der Waals surface area contributed by atoms with Gasteiger partial charge in [-0.25, -0.2) is 0 Å². The predicted molar refractivity (Wildman–Crippen MR) is 60.6 cm³/mol. The number of carbonyl (C=O) groups excluding carboxylic acids is 1. The van der Waals surface area contributed by atoms with Gasteiger partial charge in [-0.1, -0.05) is 6.92 Å². The summed E-state index contributed by atoms with van der Waals surface area (Å²) in [6, 6.07) is 2.19. The summed E-state index contributed by atoms with van der Waals surface area (Å²) in [5.41, 5.74) is -0.735. The molecule has 1 saturated carbocycles. The molecule has 0 bridgehead atoms. The van der Waals surface area contributed by atoms with Crippen LogP contribution in [0.3, 0.4) is 0 Å². The van der Waals surface area contributed by atoms with Crippen LogP contribution in [0.5, 0.6) is 0 Å². The average Bonchev–Trinajstić information content (AvgIpc) is 2.23. The Morgan fingerprint density at radius 1 is 1.62 bits per heavy atom. The molecule has 0 aliphatic heterocycles. The lowest BCUT2D eigenvalue weighted by Gasteiger charge is -2.41. The van der Waals surface area contributed by atoms with E-state index in [2.05, 4.69) is 13.0 Å². The Balaban J connectivity index is 2.47. The Morgan fingerprint density at radius 3 is 2.69 bits per heavy atom. The normalized spacial score (nSPS) is 28.0. The third-order valence-electron chi connectivity index (χ3n) is 3.21. The van der Waals surface area contributed by atoms with Crippen LogP contribution in [0.25, 0.3) is 0 Å². The zero-order chi connectivity index (χ0) is 12.2. The van der Waals surface area contributed by atoms with Gasteiger partial charge in [0.15, 0.2) is 0 Å². The lowest BCUT2D eigenvalue weighted by atomic mass is 9.63. The monoisotopic (exact) mass is 224 g/mol. The second-order valence-corrected chi connectivity index (χ2v) is 4.78. The minimum atomic E-state index is -0.735. The summed E-state index contributed by atoms with van der Waals surface area (Å²) >= 11 is 0. The highest BCUT2D eigenvalue weighted by Crippen LogP contribution is 2.46. The molecule has 0 atom stereocenters. The number of hydrogen-bond acceptors (Lipinski definition) is 3. The average molecular weight is 224 g/mol. The van der Waals surface area contributed by atoms with Crippen LogP contribution in [-0.4, -0.2) is 38.1 Å². The maximum absolute atomic E-state index is 12.1. The molecule has 4 heteroatoms. The zero-order valence-electron chi connectivity index (χ0n) is 10.3. The molecule has 4 nitrogen and oxygen atoms in total. The molecule has 90 valence electrons. The molecule has 0 aromatic heterocycles. The van der Waals surface area contributed by atoms with Gasteiger partial charge in [-0.05, 0) is 25.2 Å². The molecular formula is C12H20N2O2. The quantitative estimate of drug-likeness (QED) is 0.664. The highest BCUT2D eigenvalue weighted by atomic mass is 16.5. The first-order valence-corrected chi connectivity index (χ1v) is 5.71. The number of methoxy groups -OCH3 is 1. The predicted octanol–water partition coefficient (Wildman–Crippen LogP) is 1.42. The first-order valence-electron chi connectivity index (χ1n) is 5.71. The van der Waals surface area contributed by atoms with Gasteiger partial charge in [0.2, 0.25) is 5.91 Å². The first-order chi connectivity index (χ1) is 7.55. The summed E-state index contributed by atoms with van der Waals surface area (Å²) in [5, 5.41) is 9.12. The van der Waals surface area contributed by atoms with Crippen molar-refractivity contribution in [2.75, 3.05) is 27.3 Å². The van der Waals surface area contributed by atoms with Crippen LogP contribution < -0.4 is 0 Å². The number of carbonyl (C=O) groups is 1. The minimum absolute atomic E-state index is 0.0239. The molecule has 0 N–H and O–H groups in total. The van der Waals surface area contributed by atoms with Gasteiger partial charge in [-0.3, -0.25) is 4.79 Å². The van der Waals surface area contributed by atoms with E-state index in [0.717, 1.165) is 6.42 Å². The molecule has 1 amide bonds. The minimum Gasteiger partial charge on any atom is -0.385 e. The Bertz CT molecular complexity index is 290. The van der Waals surface area contributed by atoms with Crippen molar-refractivity contribution in [3.8, 4) is 6.07 Å². The largest absolute Gasteiger partial charge is 0.385 e. The van der Waals surface area contributed by atoms with Crippen molar-refractivity contribution >= 4 is 5.91 Å². The number of nitrogens with zero attached hydrogens (tertiary/aromatic N) is 2. The van der Waals surface area contributed by atoms with Gasteiger partial charge in [-0.15, -0.1) is 0 Å². The number of amides is 1. The molecule has 0 aromatic rings. The Kier molecular flexibility index (Phi) is 4.31. The Hall–Kier alpha value is -1.08. The molecular weight excluding hydrogens is 204 g/mol. The molecule has 16 heavy (non-hydrogen) atoms. The molecule has 1 fully saturated rings. The fourth-order valence-electron chi connectivity index (χ4n) is 2.36. The van der Waals surface area contributed by atoms with Crippen LogP contribution in [0.15, 0.2) is 0 Å². The molecule has 0 aromatic carbocycles. The maximum atomic E-state index is 12.1. The van der Waals surface area contributed by atoms with Gasteiger partial charge in [0.25, 0.3) is 0 Å². The van der Waals surface area contributed by atoms with Crippen molar-refractivity contribution in [3.63, 3.8) is 0 Å². The van der Waals surface area contributed by atoms with Crippen molar-refractivity contribution in [3.05, 3.63) is 0 Å². The van der Waals surface area contributed by atoms with E-state index in [4.69, 9.17) is 10.00 Å². The third-order valence-corrected chi connectivity index (χ3v) is 3.21. The SMILES string of the molecule is COCCCN(C)C(=O)C1(C#N)CC(C)C1. The Labute approximate surface area is 97.2 Å². The maximum Gasteiger partial charge on any atom is 0.242 e. The third kappa shape index (κ3) is 2.53. The van der Waals surface area contributed by atoms with Crippen LogP contribution >= 0.6 is 0 Å². The van der Waals surface area contributed by atoms with Gasteiger partial charge in [0, 0.05) is 27.3 Å². The molecule has 0 radical (unpaired) electrons. The van der Waals surface area contributed by atoms with E-state index >= 15 is 0 Å². The van der Waals surface area contributed by atoms with Gasteiger partial charge < -0.3 is 9.64 Å². The van der Waals surface area contributed by atoms with Gasteiger partial charge in [0.1, 0.15) is 5.41 Å². The zero-order valence-corrected chi connectivity index (χ0v) is 10.3. The second-order valence-electron chi connectivity index (χ2n) is 4.78. The van der Waals surface area contributed by atoms with E-state index in [9.17, 15) is 4.79 Å². The van der Waals surface area contributed by atoms with E-state index in [1.54, 1.807) is 19.1 Å². The van der Waals surface area contributed by atoms with Crippen molar-refractivity contribution in [2.45, 2.75) is 26.2 Å². The van der Waals surface area contributed by atoms with Crippen molar-refractivity contribution in [1.29, 1.82) is 5.26 Å². The Morgan fingerprint density at radius 2 is 2.25 bits per heavy atom. The summed E-state index contributed by atoms with van der Waals surface area (Å²) in [6.07, 6.45) is 2.23. The molecule has 0 heterocycles. The van der Waals surface area contributed by atoms with E-state index in [1.165, 1.54) is 0 Å². The summed E-state index contributed by atoms with van der Waals surface area (Å²) in [6.45, 7) is 3.38. The summed E-state index contributed by atoms with van der Waals surface area (Å²) in [7, 11) is 3.41. The fourth-order valence-corrected chi connectivity index (χ4v) is 2.36. The first kappa shape index (κ1) is 13.0. The molecule has 1 rings (SSSR count). The molecule has 0 saturated heterocycles. The summed E-state index contributed by atoms with van der Waals surface area (Å²) in [4.78, 5) is 13.7. The topological polar surface area (TPSA) is 53.3 Å². The number of rotatable bonds is 5. The van der Waals surface area contributed by atoms with Crippen LogP contribution in [-0.2, 0) is 9.53 Å². The van der Waals surface area contributed by atoms with Crippen LogP contribution in [0.1, 0.15) is 26.2 Å². The molecule has 1 aliphatic rings. The van der Waals surface area contributed by atoms with Crippen molar-refractivity contribution < 1.29 is 9.53 Å². The second kappa shape index (κ2) is 5.31. The summed E-state index contributed by atoms with van der Waals surface area (Å²) < 4.78 is 4.94. The van der Waals surface area contributed by atoms with Gasteiger partial charge >= 0.3 is 0 Å². The standard InChI is InChI=1S/C12H20N2O2/c1-10-7-12(8-10,9-13)11(15)14(2)5-4-6-16-3/h10H,4-8H2,1-3H3. The lowest BCUT2D eigenvalue weighted by molar-refractivity contribution is -0.144. The van der Waals surface area contributed by atoms with Gasteiger partial charge in [-0.2, -0.15) is 5.26 Å². The van der Waals surface area contributed by atoms with Crippen LogP contribution in [0.4, 0.5) is 0 Å². The van der Waals surface area contributed by atoms with Crippen molar-refractivity contribution in [1.82, 2.24) is 4.90 Å². The van der Waals surface area contributed by atoms with E-state index in [1.807, 2.05) is 0 Å². The van der Waals surface area contributed by atoms with Crippen LogP contribution in [0, 0.1) is 22.7 Å². The van der Waals surface area contributed by atoms with E-state index in [0.29, 0.717) is 31.9 Å². The highest BCUT2D eigenvalue weighted by Gasteiger charge is 2.49. The smallest absolute Gasteiger partial charge is 0.242 e. The summed E-state index contributed by atoms with van der Waals surface area (Å²) in [5.74, 6) is 0.472. The number of ether oxygens (including phenoxy) is 1. The fraction of sp³-hybridized carbons (Fsp3) is 0.833. The van der Waals surface area contributed by atoms with Crippen molar-refractivity contribution in [2.24, 2.45) is 11.3 Å². The van der Waals surface area contributed by atoms with E-state index < -0.39 is 5.41 Å². The van der Waals surface area contributed by atoms with E-state index in [-0.39, 0.29) is 5.91 Å². The van der Waals surface area contributed by atoms with Gasteiger partial charge in [0.05, 0.1) is 6.07 Å². The molecule has 1 aliphatic carbocycles. The number of hydrogen-bond donors (Lipinski definition) is 0. The molecule has 0 unspecified atom stereocenters.